The number of carboxylic acid groups (broad SMARTS) is 1. The number of benzene rings is 1. The van der Waals surface area contributed by atoms with Crippen molar-refractivity contribution < 1.29 is 38.6 Å². The molecule has 1 unspecified atom stereocenters. The summed E-state index contributed by atoms with van der Waals surface area (Å²) in [6.07, 6.45) is 2.65. The summed E-state index contributed by atoms with van der Waals surface area (Å²) >= 11 is 0. The van der Waals surface area contributed by atoms with E-state index in [4.69, 9.17) is 20.3 Å². The molecular formula is C31H43N5O8. The van der Waals surface area contributed by atoms with Gasteiger partial charge in [-0.15, -0.1) is 0 Å². The first-order valence-corrected chi connectivity index (χ1v) is 15.6. The third-order valence-corrected chi connectivity index (χ3v) is 9.80. The van der Waals surface area contributed by atoms with E-state index in [-0.39, 0.29) is 24.3 Å². The van der Waals surface area contributed by atoms with Crippen LogP contribution in [0.4, 0.5) is 4.79 Å². The van der Waals surface area contributed by atoms with Gasteiger partial charge in [-0.05, 0) is 83.1 Å². The van der Waals surface area contributed by atoms with Gasteiger partial charge in [0.2, 0.25) is 11.8 Å². The fourth-order valence-electron chi connectivity index (χ4n) is 7.71. The van der Waals surface area contributed by atoms with Crippen molar-refractivity contribution in [3.63, 3.8) is 0 Å². The predicted octanol–water partition coefficient (Wildman–Crippen LogP) is 0.950. The number of hydrogen-bond acceptors (Lipinski definition) is 9. The minimum Gasteiger partial charge on any atom is -0.481 e. The minimum absolute atomic E-state index is 0.0911. The number of likely N-dealkylation sites (N-methyl/N-ethyl adjacent to an activating group) is 2. The molecule has 5 N–H and O–H groups in total. The highest BCUT2D eigenvalue weighted by Crippen LogP contribution is 2.63. The number of carbonyl (C=O) groups excluding carboxylic acids is 4. The van der Waals surface area contributed by atoms with Crippen LogP contribution in [0.1, 0.15) is 63.0 Å². The normalized spacial score (nSPS) is 25.3. The van der Waals surface area contributed by atoms with Crippen LogP contribution in [0, 0.1) is 5.92 Å². The van der Waals surface area contributed by atoms with E-state index in [9.17, 15) is 24.0 Å². The van der Waals surface area contributed by atoms with Crippen LogP contribution in [0.5, 0.6) is 11.5 Å². The molecule has 240 valence electrons. The second-order valence-corrected chi connectivity index (χ2v) is 12.3. The monoisotopic (exact) mass is 613 g/mol. The fourth-order valence-corrected chi connectivity index (χ4v) is 7.71. The number of amides is 3. The van der Waals surface area contributed by atoms with Crippen molar-refractivity contribution in [3.8, 4) is 11.5 Å². The number of likely N-dealkylation sites (tertiary alicyclic amines) is 1. The van der Waals surface area contributed by atoms with Crippen LogP contribution < -0.4 is 25.8 Å². The third kappa shape index (κ3) is 5.86. The van der Waals surface area contributed by atoms with E-state index in [2.05, 4.69) is 22.6 Å². The Morgan fingerprint density at radius 2 is 2.07 bits per heavy atom. The third-order valence-electron chi connectivity index (χ3n) is 9.80. The number of nitrogens with one attached hydrogen (secondary N) is 2. The molecule has 1 saturated carbocycles. The second-order valence-electron chi connectivity index (χ2n) is 12.3. The summed E-state index contributed by atoms with van der Waals surface area (Å²) in [6.45, 7) is 3.65. The van der Waals surface area contributed by atoms with Crippen LogP contribution in [-0.2, 0) is 31.0 Å². The van der Waals surface area contributed by atoms with Gasteiger partial charge < -0.3 is 40.7 Å². The van der Waals surface area contributed by atoms with E-state index >= 15 is 0 Å². The number of carbonyl (C=O) groups is 5. The number of nitrogens with two attached hydrogens (primary N) is 1. The predicted molar refractivity (Wildman–Crippen MR) is 158 cm³/mol. The Morgan fingerprint density at radius 3 is 2.80 bits per heavy atom. The van der Waals surface area contributed by atoms with E-state index in [1.165, 1.54) is 4.90 Å². The van der Waals surface area contributed by atoms with Gasteiger partial charge in [0.15, 0.2) is 23.4 Å². The lowest BCUT2D eigenvalue weighted by molar-refractivity contribution is -0.142. The van der Waals surface area contributed by atoms with Crippen molar-refractivity contribution in [1.82, 2.24) is 20.4 Å². The highest BCUT2D eigenvalue weighted by molar-refractivity contribution is 5.96. The molecule has 2 bridgehead atoms. The number of hydrogen-bond donors (Lipinski definition) is 4. The molecule has 2 aliphatic heterocycles. The van der Waals surface area contributed by atoms with E-state index in [1.807, 2.05) is 6.07 Å². The molecule has 2 heterocycles. The first-order chi connectivity index (χ1) is 21.1. The standard InChI is InChI=1S/C31H43N5O8/c1-3-36(15-13-33-29(41)20(6-4-5-12-32)34-24(38)17-25(39)40)30(42)43-23-10-7-18-16-21-19-8-9-22(37)28-31(19,11-14-35(21)2)26(18)27(23)44-28/h7,10,19-21,28H,3-6,8-9,11-17,32H2,1-2H3,(H,33,41)(H,34,38)(H,39,40)/t19?,20-,21+,28-,31-/m0/s1. The van der Waals surface area contributed by atoms with Crippen molar-refractivity contribution in [2.75, 3.05) is 39.8 Å². The topological polar surface area (TPSA) is 181 Å². The maximum absolute atomic E-state index is 13.3. The summed E-state index contributed by atoms with van der Waals surface area (Å²) in [7, 11) is 2.15. The Balaban J connectivity index is 1.24. The van der Waals surface area contributed by atoms with E-state index < -0.39 is 42.4 Å². The average Bonchev–Trinajstić information content (AvgIpc) is 3.34. The summed E-state index contributed by atoms with van der Waals surface area (Å²) in [4.78, 5) is 66.0. The summed E-state index contributed by atoms with van der Waals surface area (Å²) < 4.78 is 12.3. The minimum atomic E-state index is -1.29. The summed E-state index contributed by atoms with van der Waals surface area (Å²) in [5.41, 5.74) is 7.35. The van der Waals surface area contributed by atoms with Gasteiger partial charge in [-0.25, -0.2) is 4.79 Å². The first kappa shape index (κ1) is 31.7. The molecule has 3 amide bonds. The molecule has 5 atom stereocenters. The van der Waals surface area contributed by atoms with Gasteiger partial charge in [0.05, 0.1) is 0 Å². The zero-order valence-corrected chi connectivity index (χ0v) is 25.4. The first-order valence-electron chi connectivity index (χ1n) is 15.6. The van der Waals surface area contributed by atoms with Gasteiger partial charge in [-0.3, -0.25) is 19.2 Å². The number of aliphatic carboxylic acids is 1. The lowest BCUT2D eigenvalue weighted by atomic mass is 9.52. The summed E-state index contributed by atoms with van der Waals surface area (Å²) in [6, 6.07) is 3.19. The van der Waals surface area contributed by atoms with Crippen molar-refractivity contribution in [1.29, 1.82) is 0 Å². The van der Waals surface area contributed by atoms with Gasteiger partial charge in [-0.1, -0.05) is 6.07 Å². The Kier molecular flexibility index (Phi) is 9.45. The van der Waals surface area contributed by atoms with E-state index in [0.29, 0.717) is 62.2 Å². The lowest BCUT2D eigenvalue weighted by Gasteiger charge is -2.57. The van der Waals surface area contributed by atoms with Gasteiger partial charge in [0.25, 0.3) is 0 Å². The number of ketones is 1. The van der Waals surface area contributed by atoms with Crippen molar-refractivity contribution in [2.24, 2.45) is 11.7 Å². The molecule has 2 fully saturated rings. The lowest BCUT2D eigenvalue weighted by Crippen LogP contribution is -2.65. The number of nitrogens with zero attached hydrogens (tertiary/aromatic N) is 2. The molecule has 13 heteroatoms. The van der Waals surface area contributed by atoms with E-state index in [0.717, 1.165) is 36.9 Å². The van der Waals surface area contributed by atoms with Crippen LogP contribution in [0.2, 0.25) is 0 Å². The Hall–Kier alpha value is -3.71. The molecule has 0 aromatic heterocycles. The fraction of sp³-hybridized carbons (Fsp3) is 0.645. The van der Waals surface area contributed by atoms with Crippen molar-refractivity contribution in [2.45, 2.75) is 81.9 Å². The molecule has 1 spiro atoms. The smallest absolute Gasteiger partial charge is 0.415 e. The quantitative estimate of drug-likeness (QED) is 0.185. The van der Waals surface area contributed by atoms with Crippen LogP contribution in [-0.4, -0.2) is 103 Å². The van der Waals surface area contributed by atoms with Gasteiger partial charge in [-0.2, -0.15) is 0 Å². The summed E-state index contributed by atoms with van der Waals surface area (Å²) in [5.74, 6) is -1.30. The second kappa shape index (κ2) is 13.1. The SMILES string of the molecule is CCN(CCNC(=O)[C@H](CCCCN)NC(=O)CC(=O)O)C(=O)Oc1ccc2c3c1O[C@H]1C(=O)CCC4[C@@H](C2)N(C)CC[C@@]341. The van der Waals surface area contributed by atoms with Crippen LogP contribution in [0.25, 0.3) is 0 Å². The Bertz CT molecular complexity index is 1320. The van der Waals surface area contributed by atoms with Gasteiger partial charge in [0.1, 0.15) is 12.5 Å². The molecule has 5 rings (SSSR count). The van der Waals surface area contributed by atoms with Crippen LogP contribution in [0.3, 0.4) is 0 Å². The maximum atomic E-state index is 13.3. The molecule has 0 radical (unpaired) electrons. The molecule has 1 aromatic carbocycles. The number of Topliss-reactive ketones (excluding diaryl/α,β-unsaturated/α-hetero) is 1. The number of piperidine rings is 1. The number of ether oxygens (including phenoxy) is 2. The number of unbranched alkanes of at least 4 members (excludes halogenated alkanes) is 1. The molecule has 1 saturated heterocycles. The molecule has 1 aromatic rings. The zero-order chi connectivity index (χ0) is 31.6. The highest BCUT2D eigenvalue weighted by Gasteiger charge is 2.65. The molecule has 2 aliphatic carbocycles. The number of rotatable bonds is 13. The zero-order valence-electron chi connectivity index (χ0n) is 25.4. The number of carboxylic acids is 1. The Labute approximate surface area is 256 Å². The average molecular weight is 614 g/mol. The van der Waals surface area contributed by atoms with E-state index in [1.54, 1.807) is 13.0 Å². The van der Waals surface area contributed by atoms with Gasteiger partial charge >= 0.3 is 12.1 Å². The molecule has 44 heavy (non-hydrogen) atoms. The molecule has 13 nitrogen and oxygen atoms in total. The highest BCUT2D eigenvalue weighted by atomic mass is 16.6. The van der Waals surface area contributed by atoms with Gasteiger partial charge in [0, 0.05) is 43.1 Å². The van der Waals surface area contributed by atoms with Crippen molar-refractivity contribution in [3.05, 3.63) is 23.3 Å². The summed E-state index contributed by atoms with van der Waals surface area (Å²) in [5, 5.41) is 14.1. The Morgan fingerprint density at radius 1 is 1.27 bits per heavy atom. The maximum Gasteiger partial charge on any atom is 0.415 e. The van der Waals surface area contributed by atoms with Crippen LogP contribution >= 0.6 is 0 Å². The molecular weight excluding hydrogens is 570 g/mol. The van der Waals surface area contributed by atoms with Crippen LogP contribution in [0.15, 0.2) is 12.1 Å². The largest absolute Gasteiger partial charge is 0.481 e. The molecule has 4 aliphatic rings. The van der Waals surface area contributed by atoms with Crippen molar-refractivity contribution >= 4 is 29.7 Å².